The molecule has 1 aliphatic rings. The molecule has 1 fully saturated rings. The third-order valence-corrected chi connectivity index (χ3v) is 5.80. The van der Waals surface area contributed by atoms with E-state index in [0.717, 1.165) is 6.08 Å². The Kier molecular flexibility index (Phi) is 6.61. The molecule has 0 aliphatic carbocycles. The highest BCUT2D eigenvalue weighted by atomic mass is 31.2. The largest absolute Gasteiger partial charge is 0.529 e. The summed E-state index contributed by atoms with van der Waals surface area (Å²) in [5, 5.41) is 29.9. The Bertz CT molecular complexity index is 1260. The maximum atomic E-state index is 12.1. The number of nitrogens with two attached hydrogens (primary N) is 1. The molecule has 1 aromatic carbocycles. The van der Waals surface area contributed by atoms with Crippen molar-refractivity contribution in [1.29, 1.82) is 0 Å². The molecule has 15 heteroatoms. The number of aromatic nitrogens is 4. The molecule has 14 nitrogen and oxygen atoms in total. The molecule has 0 saturated carbocycles. The van der Waals surface area contributed by atoms with E-state index in [0.29, 0.717) is 5.56 Å². The summed E-state index contributed by atoms with van der Waals surface area (Å²) in [4.78, 5) is 33.6. The van der Waals surface area contributed by atoms with Crippen LogP contribution in [0.2, 0.25) is 0 Å². The number of aliphatic hydroxyl groups is 2. The highest BCUT2D eigenvalue weighted by Crippen LogP contribution is 2.44. The second-order valence-corrected chi connectivity index (χ2v) is 8.61. The first-order valence-electron chi connectivity index (χ1n) is 9.77. The molecule has 1 saturated heterocycles. The highest BCUT2D eigenvalue weighted by molar-refractivity contribution is 7.48. The predicted octanol–water partition coefficient (Wildman–Crippen LogP) is 0.107. The number of anilines is 1. The number of phosphoric acid groups is 1. The van der Waals surface area contributed by atoms with Gasteiger partial charge in [0.05, 0.1) is 12.9 Å². The average Bonchev–Trinajstić information content (AvgIpc) is 3.34. The summed E-state index contributed by atoms with van der Waals surface area (Å²) in [7, 11) is -4.87. The molecule has 5 atom stereocenters. The number of carbonyl (C=O) groups is 1. The van der Waals surface area contributed by atoms with Crippen LogP contribution >= 0.6 is 7.82 Å². The normalized spacial score (nSPS) is 24.4. The van der Waals surface area contributed by atoms with Crippen molar-refractivity contribution in [2.75, 3.05) is 12.3 Å². The number of hydrogen-bond donors (Lipinski definition) is 5. The Morgan fingerprint density at radius 2 is 1.94 bits per heavy atom. The topological polar surface area (TPSA) is 212 Å². The first-order valence-corrected chi connectivity index (χ1v) is 11.3. The summed E-state index contributed by atoms with van der Waals surface area (Å²) in [5.41, 5.74) is 6.78. The average molecular weight is 493 g/mol. The molecule has 2 aromatic heterocycles. The van der Waals surface area contributed by atoms with E-state index in [1.165, 1.54) is 47.6 Å². The van der Waals surface area contributed by atoms with Crippen LogP contribution in [0.25, 0.3) is 17.2 Å². The van der Waals surface area contributed by atoms with Crippen molar-refractivity contribution in [2.24, 2.45) is 0 Å². The summed E-state index contributed by atoms with van der Waals surface area (Å²) in [6.45, 7) is -0.679. The van der Waals surface area contributed by atoms with Gasteiger partial charge in [0, 0.05) is 6.08 Å². The van der Waals surface area contributed by atoms with Gasteiger partial charge in [0.1, 0.15) is 35.9 Å². The monoisotopic (exact) mass is 493 g/mol. The molecule has 180 valence electrons. The van der Waals surface area contributed by atoms with Gasteiger partial charge in [-0.25, -0.2) is 24.3 Å². The van der Waals surface area contributed by atoms with Crippen LogP contribution in [0.15, 0.2) is 43.0 Å². The van der Waals surface area contributed by atoms with Crippen LogP contribution in [0.5, 0.6) is 5.75 Å². The van der Waals surface area contributed by atoms with Crippen LogP contribution < -0.4 is 5.73 Å². The van der Waals surface area contributed by atoms with Crippen molar-refractivity contribution in [1.82, 2.24) is 19.5 Å². The van der Waals surface area contributed by atoms with Crippen LogP contribution in [0, 0.1) is 0 Å². The number of aromatic hydroxyl groups is 1. The van der Waals surface area contributed by atoms with Gasteiger partial charge in [-0.3, -0.25) is 14.0 Å². The lowest BCUT2D eigenvalue weighted by atomic mass is 10.1. The Morgan fingerprint density at radius 1 is 1.21 bits per heavy atom. The Morgan fingerprint density at radius 3 is 2.68 bits per heavy atom. The number of phosphoric ester groups is 1. The molecular weight excluding hydrogens is 473 g/mol. The van der Waals surface area contributed by atoms with Crippen LogP contribution in [0.1, 0.15) is 11.8 Å². The fourth-order valence-corrected chi connectivity index (χ4v) is 3.92. The number of ether oxygens (including phenoxy) is 1. The summed E-state index contributed by atoms with van der Waals surface area (Å²) >= 11 is 0. The minimum absolute atomic E-state index is 0.0373. The number of phenolic OH excluding ortho intramolecular Hbond substituents is 1. The van der Waals surface area contributed by atoms with Gasteiger partial charge in [0.2, 0.25) is 0 Å². The number of fused-ring (bicyclic) bond motifs is 1. The Labute approximate surface area is 191 Å². The van der Waals surface area contributed by atoms with E-state index in [1.807, 2.05) is 0 Å². The van der Waals surface area contributed by atoms with Gasteiger partial charge < -0.3 is 30.3 Å². The van der Waals surface area contributed by atoms with Crippen molar-refractivity contribution in [3.63, 3.8) is 0 Å². The molecule has 0 radical (unpaired) electrons. The highest BCUT2D eigenvalue weighted by Gasteiger charge is 2.45. The number of benzene rings is 1. The van der Waals surface area contributed by atoms with Crippen molar-refractivity contribution in [3.8, 4) is 5.75 Å². The van der Waals surface area contributed by atoms with Crippen molar-refractivity contribution < 1.29 is 43.4 Å². The summed E-state index contributed by atoms with van der Waals surface area (Å²) < 4.78 is 28.3. The van der Waals surface area contributed by atoms with Crippen molar-refractivity contribution >= 4 is 36.8 Å². The molecule has 0 spiro atoms. The SMILES string of the molecule is Nc1ncnc2c1ncn2[C@@H]1O[C@H](COP(=O)(O)OC(=O)/C=C/c2ccc(O)cc2)[C@@H](O)[C@H]1O. The van der Waals surface area contributed by atoms with Crippen LogP contribution in [-0.2, 0) is 23.1 Å². The lowest BCUT2D eigenvalue weighted by Crippen LogP contribution is -2.33. The number of phenols is 1. The van der Waals surface area contributed by atoms with E-state index in [-0.39, 0.29) is 22.7 Å². The van der Waals surface area contributed by atoms with Gasteiger partial charge in [0.15, 0.2) is 17.7 Å². The molecule has 0 bridgehead atoms. The number of hydrogen-bond acceptors (Lipinski definition) is 12. The van der Waals surface area contributed by atoms with E-state index < -0.39 is 44.9 Å². The van der Waals surface area contributed by atoms with Gasteiger partial charge in [0.25, 0.3) is 0 Å². The minimum atomic E-state index is -4.87. The summed E-state index contributed by atoms with van der Waals surface area (Å²) in [6, 6.07) is 5.82. The molecule has 4 rings (SSSR count). The minimum Gasteiger partial charge on any atom is -0.508 e. The van der Waals surface area contributed by atoms with E-state index in [1.54, 1.807) is 0 Å². The number of imidazole rings is 1. The summed E-state index contributed by atoms with van der Waals surface area (Å²) in [5.74, 6) is -1.01. The zero-order valence-corrected chi connectivity index (χ0v) is 18.2. The maximum absolute atomic E-state index is 12.1. The van der Waals surface area contributed by atoms with Gasteiger partial charge in [-0.05, 0) is 23.8 Å². The summed E-state index contributed by atoms with van der Waals surface area (Å²) in [6.07, 6.45) is -0.683. The molecule has 6 N–H and O–H groups in total. The van der Waals surface area contributed by atoms with E-state index >= 15 is 0 Å². The van der Waals surface area contributed by atoms with E-state index in [4.69, 9.17) is 15.0 Å². The van der Waals surface area contributed by atoms with Gasteiger partial charge in [-0.1, -0.05) is 12.1 Å². The third-order valence-electron chi connectivity index (χ3n) is 4.91. The molecule has 0 amide bonds. The third kappa shape index (κ3) is 5.07. The van der Waals surface area contributed by atoms with Crippen LogP contribution in [0.4, 0.5) is 5.82 Å². The molecule has 34 heavy (non-hydrogen) atoms. The second kappa shape index (κ2) is 9.46. The lowest BCUT2D eigenvalue weighted by molar-refractivity contribution is -0.130. The van der Waals surface area contributed by atoms with E-state index in [9.17, 15) is 29.6 Å². The molecule has 1 aliphatic heterocycles. The quantitative estimate of drug-likeness (QED) is 0.219. The maximum Gasteiger partial charge on any atom is 0.529 e. The predicted molar refractivity (Wildman–Crippen MR) is 115 cm³/mol. The molecule has 1 unspecified atom stereocenters. The molecule has 3 aromatic rings. The standard InChI is InChI=1S/C19H20N5O9P/c20-17-14-18(22-8-21-17)24(9-23-14)19-16(28)15(27)12(32-19)7-31-34(29,30)33-13(26)6-3-10-1-4-11(25)5-2-10/h1-6,8-9,12,15-16,19,25,27-28H,7H2,(H,29,30)(H2,20,21,22)/b6-3+/t12-,15-,16-,19-/m1/s1. The molecular formula is C19H20N5O9P. The van der Waals surface area contributed by atoms with Gasteiger partial charge in [-0.2, -0.15) is 0 Å². The molecule has 3 heterocycles. The van der Waals surface area contributed by atoms with Crippen LogP contribution in [-0.4, -0.2) is 70.6 Å². The first-order chi connectivity index (χ1) is 16.1. The number of nitrogen functional groups attached to an aromatic ring is 1. The zero-order chi connectivity index (χ0) is 24.5. The zero-order valence-electron chi connectivity index (χ0n) is 17.3. The number of nitrogens with zero attached hydrogens (tertiary/aromatic N) is 4. The van der Waals surface area contributed by atoms with Crippen molar-refractivity contribution in [2.45, 2.75) is 24.5 Å². The van der Waals surface area contributed by atoms with Crippen LogP contribution in [0.3, 0.4) is 0 Å². The van der Waals surface area contributed by atoms with E-state index in [2.05, 4.69) is 19.5 Å². The smallest absolute Gasteiger partial charge is 0.508 e. The fourth-order valence-electron chi connectivity index (χ4n) is 3.24. The number of rotatable bonds is 7. The van der Waals surface area contributed by atoms with Gasteiger partial charge in [-0.15, -0.1) is 0 Å². The van der Waals surface area contributed by atoms with Gasteiger partial charge >= 0.3 is 13.8 Å². The number of carbonyl (C=O) groups excluding carboxylic acids is 1. The lowest BCUT2D eigenvalue weighted by Gasteiger charge is -2.17. The second-order valence-electron chi connectivity index (χ2n) is 7.23. The van der Waals surface area contributed by atoms with Crippen molar-refractivity contribution in [3.05, 3.63) is 48.6 Å². The Hall–Kier alpha value is -3.39. The fraction of sp³-hybridized carbons (Fsp3) is 0.263. The first kappa shape index (κ1) is 23.8. The number of aliphatic hydroxyl groups excluding tert-OH is 2. The Balaban J connectivity index is 1.36.